The van der Waals surface area contributed by atoms with Crippen molar-refractivity contribution < 1.29 is 19.4 Å². The van der Waals surface area contributed by atoms with E-state index in [1.54, 1.807) is 13.3 Å². The zero-order valence-corrected chi connectivity index (χ0v) is 12.0. The zero-order valence-electron chi connectivity index (χ0n) is 12.0. The van der Waals surface area contributed by atoms with Gasteiger partial charge in [-0.2, -0.15) is 5.10 Å². The molecule has 6 heteroatoms. The van der Waals surface area contributed by atoms with Gasteiger partial charge in [-0.15, -0.1) is 0 Å². The van der Waals surface area contributed by atoms with E-state index in [0.29, 0.717) is 19.3 Å². The lowest BCUT2D eigenvalue weighted by Crippen LogP contribution is -2.16. The van der Waals surface area contributed by atoms with Gasteiger partial charge in [0.05, 0.1) is 13.3 Å². The zero-order chi connectivity index (χ0) is 15.5. The lowest BCUT2D eigenvalue weighted by molar-refractivity contribution is -0.137. The molecule has 0 fully saturated rings. The molecule has 1 aromatic rings. The summed E-state index contributed by atoms with van der Waals surface area (Å²) >= 11 is 0. The van der Waals surface area contributed by atoms with Gasteiger partial charge in [0.25, 0.3) is 0 Å². The molecular weight excluding hydrogens is 272 g/mol. The van der Waals surface area contributed by atoms with Crippen LogP contribution in [0.4, 0.5) is 0 Å². The third-order valence-electron chi connectivity index (χ3n) is 2.81. The first-order chi connectivity index (χ1) is 10.1. The molecular formula is C15H20N2O4. The maximum atomic E-state index is 11.5. The number of aliphatic carboxylic acids is 1. The average Bonchev–Trinajstić information content (AvgIpc) is 2.47. The lowest BCUT2D eigenvalue weighted by Gasteiger charge is -2.00. The lowest BCUT2D eigenvalue weighted by atomic mass is 10.1. The van der Waals surface area contributed by atoms with Crippen molar-refractivity contribution in [1.82, 2.24) is 5.43 Å². The first-order valence-electron chi connectivity index (χ1n) is 6.79. The van der Waals surface area contributed by atoms with Gasteiger partial charge >= 0.3 is 5.97 Å². The molecule has 0 saturated carbocycles. The standard InChI is InChI=1S/C15H20N2O4/c1-21-13-9-7-12(8-10-13)11-16-17-14(18)5-3-2-4-6-15(19)20/h7-11H,2-6H2,1H3,(H,17,18)(H,19,20)/b16-11+. The number of carboxylic acid groups (broad SMARTS) is 1. The molecule has 2 N–H and O–H groups in total. The normalized spacial score (nSPS) is 10.5. The number of nitrogens with zero attached hydrogens (tertiary/aromatic N) is 1. The summed E-state index contributed by atoms with van der Waals surface area (Å²) in [7, 11) is 1.60. The van der Waals surface area contributed by atoms with Gasteiger partial charge in [0, 0.05) is 12.8 Å². The number of ether oxygens (including phenoxy) is 1. The molecule has 0 unspecified atom stereocenters. The molecule has 0 spiro atoms. The molecule has 0 radical (unpaired) electrons. The van der Waals surface area contributed by atoms with Crippen molar-refractivity contribution in [3.63, 3.8) is 0 Å². The van der Waals surface area contributed by atoms with Crippen LogP contribution in [0.5, 0.6) is 5.75 Å². The van der Waals surface area contributed by atoms with E-state index >= 15 is 0 Å². The summed E-state index contributed by atoms with van der Waals surface area (Å²) < 4.78 is 5.04. The Balaban J connectivity index is 2.19. The van der Waals surface area contributed by atoms with Crippen LogP contribution in [0.2, 0.25) is 0 Å². The topological polar surface area (TPSA) is 88.0 Å². The van der Waals surface area contributed by atoms with Gasteiger partial charge < -0.3 is 9.84 Å². The maximum Gasteiger partial charge on any atom is 0.303 e. The number of hydrazone groups is 1. The number of hydrogen-bond acceptors (Lipinski definition) is 4. The van der Waals surface area contributed by atoms with Crippen LogP contribution in [0.3, 0.4) is 0 Å². The molecule has 0 atom stereocenters. The molecule has 1 aromatic carbocycles. The van der Waals surface area contributed by atoms with Crippen LogP contribution in [-0.4, -0.2) is 30.3 Å². The Labute approximate surface area is 123 Å². The molecule has 0 aliphatic heterocycles. The Hall–Kier alpha value is -2.37. The van der Waals surface area contributed by atoms with Crippen LogP contribution in [0.15, 0.2) is 29.4 Å². The van der Waals surface area contributed by atoms with Crippen LogP contribution < -0.4 is 10.2 Å². The maximum absolute atomic E-state index is 11.5. The summed E-state index contributed by atoms with van der Waals surface area (Å²) in [5.41, 5.74) is 3.30. The number of carbonyl (C=O) groups excluding carboxylic acids is 1. The number of benzene rings is 1. The van der Waals surface area contributed by atoms with Crippen LogP contribution in [0, 0.1) is 0 Å². The highest BCUT2D eigenvalue weighted by Crippen LogP contribution is 2.09. The highest BCUT2D eigenvalue weighted by molar-refractivity contribution is 5.82. The molecule has 0 saturated heterocycles. The fourth-order valence-corrected chi connectivity index (χ4v) is 1.66. The molecule has 0 heterocycles. The number of carbonyl (C=O) groups is 2. The Kier molecular flexibility index (Phi) is 7.56. The third kappa shape index (κ3) is 7.71. The van der Waals surface area contributed by atoms with Crippen molar-refractivity contribution in [1.29, 1.82) is 0 Å². The molecule has 0 aromatic heterocycles. The summed E-state index contributed by atoms with van der Waals surface area (Å²) in [5.74, 6) is -0.212. The molecule has 0 aliphatic rings. The number of rotatable bonds is 9. The highest BCUT2D eigenvalue weighted by atomic mass is 16.5. The van der Waals surface area contributed by atoms with Crippen LogP contribution in [0.1, 0.15) is 37.7 Å². The molecule has 21 heavy (non-hydrogen) atoms. The first kappa shape index (κ1) is 16.7. The van der Waals surface area contributed by atoms with Crippen molar-refractivity contribution >= 4 is 18.1 Å². The number of amides is 1. The van der Waals surface area contributed by atoms with Gasteiger partial charge in [-0.1, -0.05) is 6.42 Å². The van der Waals surface area contributed by atoms with E-state index < -0.39 is 5.97 Å². The molecule has 1 rings (SSSR count). The monoisotopic (exact) mass is 292 g/mol. The number of hydrogen-bond donors (Lipinski definition) is 2. The molecule has 0 aliphatic carbocycles. The summed E-state index contributed by atoms with van der Waals surface area (Å²) in [6.07, 6.45) is 4.04. The van der Waals surface area contributed by atoms with Crippen LogP contribution in [0.25, 0.3) is 0 Å². The fraction of sp³-hybridized carbons (Fsp3) is 0.400. The average molecular weight is 292 g/mol. The Morgan fingerprint density at radius 3 is 2.48 bits per heavy atom. The van der Waals surface area contributed by atoms with Gasteiger partial charge in [0.1, 0.15) is 5.75 Å². The number of carboxylic acids is 1. The summed E-state index contributed by atoms with van der Waals surface area (Å²) in [4.78, 5) is 21.8. The minimum atomic E-state index is -0.802. The van der Waals surface area contributed by atoms with Crippen molar-refractivity contribution in [2.24, 2.45) is 5.10 Å². The number of nitrogens with one attached hydrogen (secondary N) is 1. The Morgan fingerprint density at radius 2 is 1.86 bits per heavy atom. The van der Waals surface area contributed by atoms with Crippen LogP contribution >= 0.6 is 0 Å². The van der Waals surface area contributed by atoms with Gasteiger partial charge in [0.15, 0.2) is 0 Å². The van der Waals surface area contributed by atoms with Crippen molar-refractivity contribution in [3.8, 4) is 5.75 Å². The smallest absolute Gasteiger partial charge is 0.303 e. The van der Waals surface area contributed by atoms with Crippen molar-refractivity contribution in [2.45, 2.75) is 32.1 Å². The second-order valence-electron chi connectivity index (χ2n) is 4.52. The van der Waals surface area contributed by atoms with Gasteiger partial charge in [-0.05, 0) is 42.7 Å². The van der Waals surface area contributed by atoms with E-state index in [4.69, 9.17) is 9.84 Å². The third-order valence-corrected chi connectivity index (χ3v) is 2.81. The van der Waals surface area contributed by atoms with Gasteiger partial charge in [-0.3, -0.25) is 9.59 Å². The van der Waals surface area contributed by atoms with Gasteiger partial charge in [-0.25, -0.2) is 5.43 Å². The predicted octanol–water partition coefficient (Wildman–Crippen LogP) is 2.18. The first-order valence-corrected chi connectivity index (χ1v) is 6.79. The molecule has 0 bridgehead atoms. The molecule has 6 nitrogen and oxygen atoms in total. The second-order valence-corrected chi connectivity index (χ2v) is 4.52. The second kappa shape index (κ2) is 9.52. The molecule has 1 amide bonds. The largest absolute Gasteiger partial charge is 0.497 e. The van der Waals surface area contributed by atoms with E-state index in [1.807, 2.05) is 24.3 Å². The van der Waals surface area contributed by atoms with E-state index in [1.165, 1.54) is 0 Å². The Morgan fingerprint density at radius 1 is 1.19 bits per heavy atom. The minimum absolute atomic E-state index is 0.150. The summed E-state index contributed by atoms with van der Waals surface area (Å²) in [6.45, 7) is 0. The minimum Gasteiger partial charge on any atom is -0.497 e. The quantitative estimate of drug-likeness (QED) is 0.415. The summed E-state index contributed by atoms with van der Waals surface area (Å²) in [5, 5.41) is 12.3. The van der Waals surface area contributed by atoms with Crippen molar-refractivity contribution in [2.75, 3.05) is 7.11 Å². The van der Waals surface area contributed by atoms with Crippen LogP contribution in [-0.2, 0) is 9.59 Å². The number of methoxy groups -OCH3 is 1. The van der Waals surface area contributed by atoms with E-state index in [2.05, 4.69) is 10.5 Å². The van der Waals surface area contributed by atoms with Gasteiger partial charge in [0.2, 0.25) is 5.91 Å². The Bertz CT molecular complexity index is 483. The predicted molar refractivity (Wildman–Crippen MR) is 79.5 cm³/mol. The van der Waals surface area contributed by atoms with E-state index in [-0.39, 0.29) is 12.3 Å². The van der Waals surface area contributed by atoms with E-state index in [9.17, 15) is 9.59 Å². The SMILES string of the molecule is COc1ccc(/C=N/NC(=O)CCCCCC(=O)O)cc1. The van der Waals surface area contributed by atoms with E-state index in [0.717, 1.165) is 17.7 Å². The number of unbranched alkanes of at least 4 members (excludes halogenated alkanes) is 2. The summed E-state index contributed by atoms with van der Waals surface area (Å²) in [6, 6.07) is 7.29. The highest BCUT2D eigenvalue weighted by Gasteiger charge is 2.01. The fourth-order valence-electron chi connectivity index (χ4n) is 1.66. The van der Waals surface area contributed by atoms with Crippen molar-refractivity contribution in [3.05, 3.63) is 29.8 Å². The molecule has 114 valence electrons.